The molecular weight excluding hydrogens is 348 g/mol. The van der Waals surface area contributed by atoms with Gasteiger partial charge in [-0.05, 0) is 81.4 Å². The molecule has 4 nitrogen and oxygen atoms in total. The minimum atomic E-state index is -0.295. The Labute approximate surface area is 160 Å². The summed E-state index contributed by atoms with van der Waals surface area (Å²) in [6.07, 6.45) is 2.89. The Morgan fingerprint density at radius 1 is 1.12 bits per heavy atom. The van der Waals surface area contributed by atoms with E-state index in [1.807, 2.05) is 18.2 Å². The minimum absolute atomic E-state index is 0.295. The van der Waals surface area contributed by atoms with Gasteiger partial charge in [-0.1, -0.05) is 17.7 Å². The Hall–Kier alpha value is -2.04. The summed E-state index contributed by atoms with van der Waals surface area (Å²) in [4.78, 5) is 15.8. The molecule has 0 unspecified atom stereocenters. The van der Waals surface area contributed by atoms with Gasteiger partial charge in [0, 0.05) is 29.9 Å². The standard InChI is InChI=1S/C21H25ClN2O2/c1-15(25)26-19-9-10-20-17(13-19)6-5-16-7-8-18(22)14-21(16)24(20)12-4-11-23(2)3/h7-10,13-14H,4-6,11-12H2,1-3H3. The highest BCUT2D eigenvalue weighted by Crippen LogP contribution is 2.39. The van der Waals surface area contributed by atoms with E-state index in [1.54, 1.807) is 0 Å². The van der Waals surface area contributed by atoms with Crippen molar-refractivity contribution in [2.75, 3.05) is 32.1 Å². The Morgan fingerprint density at radius 3 is 2.62 bits per heavy atom. The zero-order valence-corrected chi connectivity index (χ0v) is 16.3. The lowest BCUT2D eigenvalue weighted by Gasteiger charge is -2.28. The number of carbonyl (C=O) groups excluding carboxylic acids is 1. The van der Waals surface area contributed by atoms with E-state index in [-0.39, 0.29) is 5.97 Å². The first-order valence-electron chi connectivity index (χ1n) is 8.96. The molecule has 5 heteroatoms. The van der Waals surface area contributed by atoms with Crippen LogP contribution in [0.25, 0.3) is 0 Å². The van der Waals surface area contributed by atoms with Gasteiger partial charge < -0.3 is 14.5 Å². The highest BCUT2D eigenvalue weighted by Gasteiger charge is 2.21. The Kier molecular flexibility index (Phi) is 5.84. The smallest absolute Gasteiger partial charge is 0.308 e. The molecule has 0 spiro atoms. The van der Waals surface area contributed by atoms with Crippen LogP contribution in [-0.2, 0) is 17.6 Å². The van der Waals surface area contributed by atoms with Crippen molar-refractivity contribution in [3.63, 3.8) is 0 Å². The number of nitrogens with zero attached hydrogens (tertiary/aromatic N) is 2. The van der Waals surface area contributed by atoms with Crippen LogP contribution in [0.1, 0.15) is 24.5 Å². The molecule has 0 atom stereocenters. The largest absolute Gasteiger partial charge is 0.427 e. The van der Waals surface area contributed by atoms with Gasteiger partial charge in [0.1, 0.15) is 5.75 Å². The predicted octanol–water partition coefficient (Wildman–Crippen LogP) is 4.45. The van der Waals surface area contributed by atoms with Gasteiger partial charge in [0.2, 0.25) is 0 Å². The first-order chi connectivity index (χ1) is 12.4. The average molecular weight is 373 g/mol. The maximum Gasteiger partial charge on any atom is 0.308 e. The van der Waals surface area contributed by atoms with E-state index >= 15 is 0 Å². The number of fused-ring (bicyclic) bond motifs is 2. The molecule has 26 heavy (non-hydrogen) atoms. The van der Waals surface area contributed by atoms with E-state index in [4.69, 9.17) is 16.3 Å². The number of rotatable bonds is 5. The number of benzene rings is 2. The molecule has 2 aromatic carbocycles. The summed E-state index contributed by atoms with van der Waals surface area (Å²) in [6.45, 7) is 3.36. The molecule has 138 valence electrons. The molecule has 0 amide bonds. The number of anilines is 2. The van der Waals surface area contributed by atoms with Crippen LogP contribution in [0, 0.1) is 0 Å². The van der Waals surface area contributed by atoms with E-state index in [1.165, 1.54) is 29.4 Å². The lowest BCUT2D eigenvalue weighted by molar-refractivity contribution is -0.131. The average Bonchev–Trinajstić information content (AvgIpc) is 2.71. The summed E-state index contributed by atoms with van der Waals surface area (Å²) in [5.74, 6) is 0.310. The molecule has 0 aromatic heterocycles. The van der Waals surface area contributed by atoms with Crippen LogP contribution in [0.3, 0.4) is 0 Å². The second-order valence-corrected chi connectivity index (χ2v) is 7.40. The maximum absolute atomic E-state index is 11.3. The molecule has 0 saturated carbocycles. The quantitative estimate of drug-likeness (QED) is 0.573. The fourth-order valence-corrected chi connectivity index (χ4v) is 3.61. The van der Waals surface area contributed by atoms with Crippen LogP contribution in [0.5, 0.6) is 5.75 Å². The highest BCUT2D eigenvalue weighted by molar-refractivity contribution is 6.30. The van der Waals surface area contributed by atoms with Gasteiger partial charge in [0.05, 0.1) is 0 Å². The number of hydrogen-bond donors (Lipinski definition) is 0. The fourth-order valence-electron chi connectivity index (χ4n) is 3.44. The summed E-state index contributed by atoms with van der Waals surface area (Å²) in [5, 5.41) is 0.751. The summed E-state index contributed by atoms with van der Waals surface area (Å²) in [6, 6.07) is 12.0. The van der Waals surface area contributed by atoms with Gasteiger partial charge in [-0.3, -0.25) is 4.79 Å². The molecule has 0 bridgehead atoms. The Bertz CT molecular complexity index is 805. The van der Waals surface area contributed by atoms with Gasteiger partial charge >= 0.3 is 5.97 Å². The zero-order valence-electron chi connectivity index (χ0n) is 15.6. The number of carbonyl (C=O) groups is 1. The molecule has 0 saturated heterocycles. The number of hydrogen-bond acceptors (Lipinski definition) is 4. The van der Waals surface area contributed by atoms with Crippen molar-refractivity contribution in [3.05, 3.63) is 52.5 Å². The molecule has 0 radical (unpaired) electrons. The van der Waals surface area contributed by atoms with Gasteiger partial charge in [-0.15, -0.1) is 0 Å². The second-order valence-electron chi connectivity index (χ2n) is 6.97. The molecule has 1 aliphatic heterocycles. The van der Waals surface area contributed by atoms with Gasteiger partial charge in [-0.25, -0.2) is 0 Å². The third-order valence-corrected chi connectivity index (χ3v) is 4.83. The number of halogens is 1. The van der Waals surface area contributed by atoms with E-state index in [0.29, 0.717) is 5.75 Å². The van der Waals surface area contributed by atoms with Crippen molar-refractivity contribution in [3.8, 4) is 5.75 Å². The molecule has 1 heterocycles. The SMILES string of the molecule is CC(=O)Oc1ccc2c(c1)CCc1ccc(Cl)cc1N2CCCN(C)C. The maximum atomic E-state index is 11.3. The lowest BCUT2D eigenvalue weighted by atomic mass is 10.0. The van der Waals surface area contributed by atoms with Crippen molar-refractivity contribution >= 4 is 28.9 Å². The van der Waals surface area contributed by atoms with Crippen LogP contribution < -0.4 is 9.64 Å². The molecule has 2 aromatic rings. The van der Waals surface area contributed by atoms with Crippen molar-refractivity contribution in [2.45, 2.75) is 26.2 Å². The Balaban J connectivity index is 1.99. The summed E-state index contributed by atoms with van der Waals surface area (Å²) in [5.41, 5.74) is 4.83. The third-order valence-electron chi connectivity index (χ3n) is 4.59. The van der Waals surface area contributed by atoms with Crippen LogP contribution in [0.4, 0.5) is 11.4 Å². The minimum Gasteiger partial charge on any atom is -0.427 e. The Morgan fingerprint density at radius 2 is 1.88 bits per heavy atom. The number of ether oxygens (including phenoxy) is 1. The van der Waals surface area contributed by atoms with Crippen molar-refractivity contribution < 1.29 is 9.53 Å². The first kappa shape index (κ1) is 18.7. The summed E-state index contributed by atoms with van der Waals surface area (Å²) in [7, 11) is 4.18. The second kappa shape index (κ2) is 8.11. The molecular formula is C21H25ClN2O2. The van der Waals surface area contributed by atoms with E-state index in [0.717, 1.165) is 37.4 Å². The van der Waals surface area contributed by atoms with Crippen molar-refractivity contribution in [1.29, 1.82) is 0 Å². The topological polar surface area (TPSA) is 32.8 Å². The molecule has 0 aliphatic carbocycles. The van der Waals surface area contributed by atoms with E-state index in [2.05, 4.69) is 42.1 Å². The van der Waals surface area contributed by atoms with Crippen molar-refractivity contribution in [1.82, 2.24) is 4.90 Å². The van der Waals surface area contributed by atoms with Crippen LogP contribution >= 0.6 is 11.6 Å². The van der Waals surface area contributed by atoms with Crippen LogP contribution in [-0.4, -0.2) is 38.1 Å². The predicted molar refractivity (Wildman–Crippen MR) is 107 cm³/mol. The third kappa shape index (κ3) is 4.37. The van der Waals surface area contributed by atoms with Crippen LogP contribution in [0.2, 0.25) is 5.02 Å². The normalized spacial score (nSPS) is 13.2. The summed E-state index contributed by atoms with van der Waals surface area (Å²) < 4.78 is 5.28. The molecule has 1 aliphatic rings. The zero-order chi connectivity index (χ0) is 18.7. The fraction of sp³-hybridized carbons (Fsp3) is 0.381. The molecule has 3 rings (SSSR count). The monoisotopic (exact) mass is 372 g/mol. The van der Waals surface area contributed by atoms with Crippen molar-refractivity contribution in [2.24, 2.45) is 0 Å². The van der Waals surface area contributed by atoms with Crippen LogP contribution in [0.15, 0.2) is 36.4 Å². The lowest BCUT2D eigenvalue weighted by Crippen LogP contribution is -2.24. The first-order valence-corrected chi connectivity index (χ1v) is 9.34. The van der Waals surface area contributed by atoms with Gasteiger partial charge in [0.15, 0.2) is 0 Å². The summed E-state index contributed by atoms with van der Waals surface area (Å²) >= 11 is 6.30. The molecule has 0 N–H and O–H groups in total. The number of aryl methyl sites for hydroxylation is 2. The van der Waals surface area contributed by atoms with E-state index < -0.39 is 0 Å². The number of esters is 1. The van der Waals surface area contributed by atoms with Gasteiger partial charge in [0.25, 0.3) is 0 Å². The van der Waals surface area contributed by atoms with E-state index in [9.17, 15) is 4.79 Å². The highest BCUT2D eigenvalue weighted by atomic mass is 35.5. The van der Waals surface area contributed by atoms with Gasteiger partial charge in [-0.2, -0.15) is 0 Å². The molecule has 0 fully saturated rings.